The van der Waals surface area contributed by atoms with Crippen molar-refractivity contribution >= 4 is 28.7 Å². The number of amides is 1. The van der Waals surface area contributed by atoms with Crippen LogP contribution < -0.4 is 11.1 Å². The molecule has 2 aromatic rings. The van der Waals surface area contributed by atoms with Crippen LogP contribution in [0, 0.1) is 0 Å². The van der Waals surface area contributed by atoms with Crippen LogP contribution in [0.5, 0.6) is 0 Å². The fourth-order valence-electron chi connectivity index (χ4n) is 2.71. The Bertz CT molecular complexity index is 628. The van der Waals surface area contributed by atoms with Crippen LogP contribution >= 0.6 is 11.7 Å². The zero-order chi connectivity index (χ0) is 14.1. The Kier molecular flexibility index (Phi) is 3.64. The van der Waals surface area contributed by atoms with Crippen molar-refractivity contribution in [3.8, 4) is 0 Å². The minimum atomic E-state index is -0.140. The fourth-order valence-corrected chi connectivity index (χ4v) is 3.23. The molecule has 1 amide bonds. The van der Waals surface area contributed by atoms with Gasteiger partial charge in [-0.05, 0) is 24.1 Å². The molecule has 1 aromatic carbocycles. The van der Waals surface area contributed by atoms with Crippen molar-refractivity contribution in [1.29, 1.82) is 0 Å². The molecule has 0 unspecified atom stereocenters. The number of likely N-dealkylation sites (tertiary alicyclic amines) is 1. The number of aromatic nitrogens is 2. The third-order valence-electron chi connectivity index (χ3n) is 3.69. The van der Waals surface area contributed by atoms with E-state index >= 15 is 0 Å². The summed E-state index contributed by atoms with van der Waals surface area (Å²) in [5, 5.41) is 2.71. The lowest BCUT2D eigenvalue weighted by molar-refractivity contribution is -0.125. The van der Waals surface area contributed by atoms with Crippen molar-refractivity contribution in [3.63, 3.8) is 0 Å². The summed E-state index contributed by atoms with van der Waals surface area (Å²) in [4.78, 5) is 14.0. The molecule has 0 spiro atoms. The van der Waals surface area contributed by atoms with Gasteiger partial charge in [0.05, 0.1) is 17.8 Å². The SMILES string of the molecule is CNC(=O)[C@@H]1C[C@@H](N)CN1Cc1ccc2nsnc2c1. The van der Waals surface area contributed by atoms with Crippen molar-refractivity contribution < 1.29 is 4.79 Å². The van der Waals surface area contributed by atoms with Gasteiger partial charge in [0.2, 0.25) is 5.91 Å². The van der Waals surface area contributed by atoms with E-state index in [1.54, 1.807) is 7.05 Å². The largest absolute Gasteiger partial charge is 0.358 e. The summed E-state index contributed by atoms with van der Waals surface area (Å²) < 4.78 is 8.44. The monoisotopic (exact) mass is 291 g/mol. The molecule has 3 N–H and O–H groups in total. The van der Waals surface area contributed by atoms with Crippen molar-refractivity contribution in [1.82, 2.24) is 19.0 Å². The van der Waals surface area contributed by atoms with E-state index in [-0.39, 0.29) is 18.0 Å². The van der Waals surface area contributed by atoms with Gasteiger partial charge >= 0.3 is 0 Å². The predicted octanol–water partition coefficient (Wildman–Crippen LogP) is 0.339. The highest BCUT2D eigenvalue weighted by atomic mass is 32.1. The molecular weight excluding hydrogens is 274 g/mol. The van der Waals surface area contributed by atoms with Crippen molar-refractivity contribution in [2.75, 3.05) is 13.6 Å². The minimum Gasteiger partial charge on any atom is -0.358 e. The van der Waals surface area contributed by atoms with Gasteiger partial charge in [-0.15, -0.1) is 0 Å². The van der Waals surface area contributed by atoms with Gasteiger partial charge in [0.1, 0.15) is 11.0 Å². The number of likely N-dealkylation sites (N-methyl/N-ethyl adjacent to an activating group) is 1. The summed E-state index contributed by atoms with van der Waals surface area (Å²) in [6.07, 6.45) is 0.709. The van der Waals surface area contributed by atoms with Gasteiger partial charge in [0.25, 0.3) is 0 Å². The summed E-state index contributed by atoms with van der Waals surface area (Å²) in [5.74, 6) is 0.0364. The van der Waals surface area contributed by atoms with E-state index in [0.29, 0.717) is 13.0 Å². The maximum absolute atomic E-state index is 11.9. The first-order chi connectivity index (χ1) is 9.67. The van der Waals surface area contributed by atoms with E-state index < -0.39 is 0 Å². The second-order valence-corrected chi connectivity index (χ2v) is 5.67. The third kappa shape index (κ3) is 2.52. The number of carbonyl (C=O) groups is 1. The Morgan fingerprint density at radius 1 is 1.50 bits per heavy atom. The molecule has 3 rings (SSSR count). The summed E-state index contributed by atoms with van der Waals surface area (Å²) in [6.45, 7) is 1.45. The van der Waals surface area contributed by atoms with E-state index in [2.05, 4.69) is 19.0 Å². The number of nitrogens with zero attached hydrogens (tertiary/aromatic N) is 3. The normalized spacial score (nSPS) is 23.3. The Labute approximate surface area is 121 Å². The molecule has 0 saturated carbocycles. The molecule has 0 aliphatic carbocycles. The number of nitrogens with two attached hydrogens (primary N) is 1. The lowest BCUT2D eigenvalue weighted by Crippen LogP contribution is -2.41. The molecule has 0 bridgehead atoms. The summed E-state index contributed by atoms with van der Waals surface area (Å²) >= 11 is 1.22. The van der Waals surface area contributed by atoms with Crippen LogP contribution in [0.1, 0.15) is 12.0 Å². The molecule has 2 heterocycles. The molecule has 1 aliphatic heterocycles. The minimum absolute atomic E-state index is 0.0364. The predicted molar refractivity (Wildman–Crippen MR) is 78.3 cm³/mol. The average molecular weight is 291 g/mol. The van der Waals surface area contributed by atoms with Gasteiger partial charge < -0.3 is 11.1 Å². The smallest absolute Gasteiger partial charge is 0.237 e. The molecule has 6 nitrogen and oxygen atoms in total. The lowest BCUT2D eigenvalue weighted by atomic mass is 10.1. The lowest BCUT2D eigenvalue weighted by Gasteiger charge is -2.22. The quantitative estimate of drug-likeness (QED) is 0.852. The Balaban J connectivity index is 1.79. The number of benzene rings is 1. The number of fused-ring (bicyclic) bond motifs is 1. The highest BCUT2D eigenvalue weighted by Crippen LogP contribution is 2.21. The van der Waals surface area contributed by atoms with Crippen LogP contribution in [-0.4, -0.2) is 45.2 Å². The maximum atomic E-state index is 11.9. The molecule has 1 aromatic heterocycles. The molecule has 20 heavy (non-hydrogen) atoms. The third-order valence-corrected chi connectivity index (χ3v) is 4.25. The number of rotatable bonds is 3. The topological polar surface area (TPSA) is 84.1 Å². The summed E-state index contributed by atoms with van der Waals surface area (Å²) in [7, 11) is 1.66. The fraction of sp³-hybridized carbons (Fsp3) is 0.462. The molecule has 1 aliphatic rings. The van der Waals surface area contributed by atoms with Crippen molar-refractivity contribution in [2.45, 2.75) is 25.0 Å². The first-order valence-electron chi connectivity index (χ1n) is 6.60. The maximum Gasteiger partial charge on any atom is 0.237 e. The number of nitrogens with one attached hydrogen (secondary N) is 1. The van der Waals surface area contributed by atoms with Gasteiger partial charge in [-0.2, -0.15) is 8.75 Å². The van der Waals surface area contributed by atoms with E-state index in [1.807, 2.05) is 18.2 Å². The number of hydrogen-bond donors (Lipinski definition) is 2. The molecule has 1 saturated heterocycles. The van der Waals surface area contributed by atoms with Crippen LogP contribution in [0.2, 0.25) is 0 Å². The van der Waals surface area contributed by atoms with Crippen LogP contribution in [0.4, 0.5) is 0 Å². The van der Waals surface area contributed by atoms with Gasteiger partial charge in [0.15, 0.2) is 0 Å². The molecule has 2 atom stereocenters. The number of carbonyl (C=O) groups excluding carboxylic acids is 1. The summed E-state index contributed by atoms with van der Waals surface area (Å²) in [5.41, 5.74) is 8.95. The average Bonchev–Trinajstić information content (AvgIpc) is 3.04. The van der Waals surface area contributed by atoms with Gasteiger partial charge in [0, 0.05) is 26.2 Å². The van der Waals surface area contributed by atoms with Crippen LogP contribution in [-0.2, 0) is 11.3 Å². The van der Waals surface area contributed by atoms with Crippen LogP contribution in [0.25, 0.3) is 11.0 Å². The first-order valence-corrected chi connectivity index (χ1v) is 7.33. The van der Waals surface area contributed by atoms with Crippen LogP contribution in [0.15, 0.2) is 18.2 Å². The molecule has 0 radical (unpaired) electrons. The second kappa shape index (κ2) is 5.43. The van der Waals surface area contributed by atoms with Gasteiger partial charge in [-0.1, -0.05) is 6.07 Å². The molecular formula is C13H17N5OS. The number of hydrogen-bond acceptors (Lipinski definition) is 6. The van der Waals surface area contributed by atoms with E-state index in [1.165, 1.54) is 11.7 Å². The van der Waals surface area contributed by atoms with Crippen LogP contribution in [0.3, 0.4) is 0 Å². The zero-order valence-corrected chi connectivity index (χ0v) is 12.1. The zero-order valence-electron chi connectivity index (χ0n) is 11.2. The Morgan fingerprint density at radius 3 is 3.10 bits per heavy atom. The molecule has 7 heteroatoms. The van der Waals surface area contributed by atoms with E-state index in [0.717, 1.165) is 23.1 Å². The van der Waals surface area contributed by atoms with Crippen molar-refractivity contribution in [2.24, 2.45) is 5.73 Å². The highest BCUT2D eigenvalue weighted by Gasteiger charge is 2.34. The standard InChI is InChI=1S/C13H17N5OS/c1-15-13(19)12-5-9(14)7-18(12)6-8-2-3-10-11(4-8)17-20-16-10/h2-4,9,12H,5-7,14H2,1H3,(H,15,19)/t9-,12+/m1/s1. The van der Waals surface area contributed by atoms with Crippen molar-refractivity contribution in [3.05, 3.63) is 23.8 Å². The highest BCUT2D eigenvalue weighted by molar-refractivity contribution is 7.00. The molecule has 106 valence electrons. The second-order valence-electron chi connectivity index (χ2n) is 5.14. The first kappa shape index (κ1) is 13.4. The van der Waals surface area contributed by atoms with Gasteiger partial charge in [-0.3, -0.25) is 9.69 Å². The van der Waals surface area contributed by atoms with E-state index in [4.69, 9.17) is 5.73 Å². The summed E-state index contributed by atoms with van der Waals surface area (Å²) in [6, 6.07) is 5.96. The Hall–Kier alpha value is -1.57. The molecule has 1 fully saturated rings. The van der Waals surface area contributed by atoms with Gasteiger partial charge in [-0.25, -0.2) is 0 Å². The van der Waals surface area contributed by atoms with E-state index in [9.17, 15) is 4.79 Å². The Morgan fingerprint density at radius 2 is 2.30 bits per heavy atom.